The molecule has 1 aliphatic heterocycles. The minimum absolute atomic E-state index is 0.200. The largest absolute Gasteiger partial charge is 0.390 e. The van der Waals surface area contributed by atoms with E-state index in [0.29, 0.717) is 48.6 Å². The number of fused-ring (bicyclic) bond motifs is 1. The van der Waals surface area contributed by atoms with Crippen LogP contribution in [0, 0.1) is 0 Å². The molecule has 1 aliphatic rings. The van der Waals surface area contributed by atoms with Crippen LogP contribution in [0.15, 0.2) is 48.8 Å². The van der Waals surface area contributed by atoms with Crippen LogP contribution in [-0.4, -0.2) is 66.7 Å². The first kappa shape index (κ1) is 27.4. The van der Waals surface area contributed by atoms with E-state index in [4.69, 9.17) is 0 Å². The molecule has 5 N–H and O–H groups in total. The molecule has 1 aromatic heterocycles. The van der Waals surface area contributed by atoms with Gasteiger partial charge >= 0.3 is 0 Å². The van der Waals surface area contributed by atoms with Crippen molar-refractivity contribution in [2.45, 2.75) is 64.8 Å². The molecule has 0 bridgehead atoms. The van der Waals surface area contributed by atoms with E-state index in [2.05, 4.69) is 15.6 Å². The molecule has 1 saturated heterocycles. The Morgan fingerprint density at radius 3 is 2.59 bits per heavy atom. The Bertz CT molecular complexity index is 1200. The van der Waals surface area contributed by atoms with Crippen LogP contribution in [0.4, 0.5) is 5.69 Å². The Labute approximate surface area is 220 Å². The fraction of sp³-hybridized carbons (Fsp3) is 0.481. The van der Waals surface area contributed by atoms with Gasteiger partial charge in [0.1, 0.15) is 5.52 Å². The minimum Gasteiger partial charge on any atom is -0.390 e. The molecule has 37 heavy (non-hydrogen) atoms. The van der Waals surface area contributed by atoms with E-state index in [9.17, 15) is 19.0 Å². The molecule has 9 nitrogen and oxygen atoms in total. The first-order valence-electron chi connectivity index (χ1n) is 13.0. The van der Waals surface area contributed by atoms with Gasteiger partial charge in [-0.25, -0.2) is 4.98 Å². The summed E-state index contributed by atoms with van der Waals surface area (Å²) in [5.41, 5.74) is 3.35. The quantitative estimate of drug-likeness (QED) is 0.269. The molecular weight excluding hydrogens is 490 g/mol. The van der Waals surface area contributed by atoms with Crippen LogP contribution >= 0.6 is 10.8 Å². The third-order valence-electron chi connectivity index (χ3n) is 6.77. The number of nitrogens with one attached hydrogen (secondary N) is 2. The number of aromatic nitrogens is 2. The second kappa shape index (κ2) is 11.8. The molecule has 4 rings (SSSR count). The highest BCUT2D eigenvalue weighted by atomic mass is 32.3. The maximum Gasteiger partial charge on any atom is 0.251 e. The van der Waals surface area contributed by atoms with E-state index < -0.39 is 22.9 Å². The number of anilines is 1. The highest BCUT2D eigenvalue weighted by Gasteiger charge is 2.30. The molecule has 0 aliphatic carbocycles. The number of nitrogens with zero attached hydrogens (tertiary/aromatic N) is 3. The molecule has 0 unspecified atom stereocenters. The summed E-state index contributed by atoms with van der Waals surface area (Å²) in [6, 6.07) is 12.9. The number of aryl methyl sites for hydroxylation is 1. The SMILES string of the molecule is CCn1cnc2c(N3CCCCS3(O)O)cc(C(=O)N[C@@H](Cc3ccccc3)[C@@H](O)CNC(C)C)cc21. The van der Waals surface area contributed by atoms with Gasteiger partial charge in [0.05, 0.1) is 35.4 Å². The van der Waals surface area contributed by atoms with Crippen LogP contribution in [0.1, 0.15) is 49.5 Å². The first-order chi connectivity index (χ1) is 17.7. The number of imidazole rings is 1. The Balaban J connectivity index is 1.68. The summed E-state index contributed by atoms with van der Waals surface area (Å²) in [7, 11) is -3.00. The van der Waals surface area contributed by atoms with Crippen LogP contribution < -0.4 is 14.9 Å². The standard InChI is InChI=1S/C27H39N5O4S/c1-4-31-18-29-26-23(31)15-21(16-24(26)32-12-8-9-13-37(32,35)36)27(34)30-22(25(33)17-28-19(2)3)14-20-10-6-5-7-11-20/h5-7,10-11,15-16,18-19,22,25,28,33,35-36H,4,8-9,12-14,17H2,1-3H3,(H,30,34)/t22-,25-/m0/s1. The fourth-order valence-corrected chi connectivity index (χ4v) is 6.39. The number of hydrogen-bond donors (Lipinski definition) is 5. The van der Waals surface area contributed by atoms with Gasteiger partial charge < -0.3 is 20.3 Å². The van der Waals surface area contributed by atoms with Gasteiger partial charge in [-0.3, -0.25) is 18.2 Å². The maximum absolute atomic E-state index is 13.6. The lowest BCUT2D eigenvalue weighted by Crippen LogP contribution is -2.49. The molecule has 0 saturated carbocycles. The molecule has 3 aromatic rings. The summed E-state index contributed by atoms with van der Waals surface area (Å²) < 4.78 is 25.2. The number of carbonyl (C=O) groups is 1. The first-order valence-corrected chi connectivity index (χ1v) is 14.7. The lowest BCUT2D eigenvalue weighted by molar-refractivity contribution is 0.0827. The molecule has 202 valence electrons. The average molecular weight is 530 g/mol. The van der Waals surface area contributed by atoms with Gasteiger partial charge in [-0.05, 0) is 43.9 Å². The zero-order valence-corrected chi connectivity index (χ0v) is 22.6. The molecule has 1 amide bonds. The number of carbonyl (C=O) groups excluding carboxylic acids is 1. The Morgan fingerprint density at radius 1 is 1.16 bits per heavy atom. The minimum atomic E-state index is -3.00. The van der Waals surface area contributed by atoms with Crippen molar-refractivity contribution in [1.29, 1.82) is 0 Å². The number of rotatable bonds is 10. The van der Waals surface area contributed by atoms with E-state index in [1.54, 1.807) is 22.8 Å². The molecule has 0 spiro atoms. The summed E-state index contributed by atoms with van der Waals surface area (Å²) in [6.45, 7) is 7.50. The zero-order valence-electron chi connectivity index (χ0n) is 21.8. The second-order valence-corrected chi connectivity index (χ2v) is 12.1. The Kier molecular flexibility index (Phi) is 8.76. The Hall–Kier alpha value is -2.63. The maximum atomic E-state index is 13.6. The highest BCUT2D eigenvalue weighted by Crippen LogP contribution is 2.51. The summed E-state index contributed by atoms with van der Waals surface area (Å²) in [5, 5.41) is 17.3. The number of benzene rings is 2. The third kappa shape index (κ3) is 6.45. The molecule has 10 heteroatoms. The van der Waals surface area contributed by atoms with E-state index in [-0.39, 0.29) is 11.9 Å². The average Bonchev–Trinajstić information content (AvgIpc) is 3.30. The van der Waals surface area contributed by atoms with Crippen LogP contribution in [0.5, 0.6) is 0 Å². The van der Waals surface area contributed by atoms with Gasteiger partial charge in [-0.2, -0.15) is 0 Å². The summed E-state index contributed by atoms with van der Waals surface area (Å²) in [5.74, 6) is -0.0295. The van der Waals surface area contributed by atoms with Gasteiger partial charge in [0.25, 0.3) is 5.91 Å². The van der Waals surface area contributed by atoms with E-state index >= 15 is 0 Å². The van der Waals surface area contributed by atoms with Crippen molar-refractivity contribution in [2.75, 3.05) is 23.1 Å². The summed E-state index contributed by atoms with van der Waals surface area (Å²) in [4.78, 5) is 18.2. The van der Waals surface area contributed by atoms with Crippen LogP contribution in [0.3, 0.4) is 0 Å². The van der Waals surface area contributed by atoms with Gasteiger partial charge in [0, 0.05) is 31.2 Å². The molecular formula is C27H39N5O4S. The van der Waals surface area contributed by atoms with Crippen molar-refractivity contribution in [3.05, 3.63) is 59.9 Å². The van der Waals surface area contributed by atoms with E-state index in [1.807, 2.05) is 55.7 Å². The number of aliphatic hydroxyl groups excluding tert-OH is 1. The molecule has 1 fully saturated rings. The third-order valence-corrected chi connectivity index (χ3v) is 8.70. The highest BCUT2D eigenvalue weighted by molar-refractivity contribution is 8.25. The summed E-state index contributed by atoms with van der Waals surface area (Å²) >= 11 is 0. The zero-order chi connectivity index (χ0) is 26.6. The topological polar surface area (TPSA) is 123 Å². The Morgan fingerprint density at radius 2 is 1.92 bits per heavy atom. The molecule has 2 heterocycles. The number of aliphatic hydroxyl groups is 1. The van der Waals surface area contributed by atoms with E-state index in [1.165, 1.54) is 0 Å². The molecule has 2 aromatic carbocycles. The van der Waals surface area contributed by atoms with Crippen molar-refractivity contribution >= 4 is 33.4 Å². The molecule has 2 atom stereocenters. The van der Waals surface area contributed by atoms with Gasteiger partial charge in [0.15, 0.2) is 0 Å². The lowest BCUT2D eigenvalue weighted by Gasteiger charge is -2.47. The van der Waals surface area contributed by atoms with Crippen LogP contribution in [0.25, 0.3) is 11.0 Å². The fourth-order valence-electron chi connectivity index (χ4n) is 4.71. The van der Waals surface area contributed by atoms with E-state index in [0.717, 1.165) is 23.9 Å². The van der Waals surface area contributed by atoms with Crippen molar-refractivity contribution in [3.63, 3.8) is 0 Å². The predicted octanol–water partition coefficient (Wildman–Crippen LogP) is 4.02. The molecule has 0 radical (unpaired) electrons. The monoisotopic (exact) mass is 529 g/mol. The van der Waals surface area contributed by atoms with Crippen molar-refractivity contribution in [2.24, 2.45) is 0 Å². The normalized spacial score (nSPS) is 18.1. The van der Waals surface area contributed by atoms with Crippen LogP contribution in [0.2, 0.25) is 0 Å². The van der Waals surface area contributed by atoms with Crippen molar-refractivity contribution in [1.82, 2.24) is 20.2 Å². The van der Waals surface area contributed by atoms with Gasteiger partial charge in [-0.1, -0.05) is 44.2 Å². The van der Waals surface area contributed by atoms with Crippen molar-refractivity contribution < 1.29 is 19.0 Å². The smallest absolute Gasteiger partial charge is 0.251 e. The lowest BCUT2D eigenvalue weighted by atomic mass is 10.00. The predicted molar refractivity (Wildman–Crippen MR) is 150 cm³/mol. The van der Waals surface area contributed by atoms with Gasteiger partial charge in [0.2, 0.25) is 0 Å². The van der Waals surface area contributed by atoms with Crippen molar-refractivity contribution in [3.8, 4) is 0 Å². The van der Waals surface area contributed by atoms with Crippen LogP contribution in [-0.2, 0) is 13.0 Å². The second-order valence-electron chi connectivity index (χ2n) is 9.94. The number of amides is 1. The number of hydrogen-bond acceptors (Lipinski definition) is 7. The van der Waals surface area contributed by atoms with Gasteiger partial charge in [-0.15, -0.1) is 10.8 Å². The summed E-state index contributed by atoms with van der Waals surface area (Å²) in [6.07, 6.45) is 2.96.